The normalized spacial score (nSPS) is 27.6. The summed E-state index contributed by atoms with van der Waals surface area (Å²) in [5.74, 6) is -4.50. The molecule has 30 heavy (non-hydrogen) atoms. The molecular weight excluding hydrogens is 400 g/mol. The molecule has 0 aliphatic heterocycles. The monoisotopic (exact) mass is 436 g/mol. The third-order valence-corrected chi connectivity index (χ3v) is 6.99. The molecule has 0 unspecified atom stereocenters. The van der Waals surface area contributed by atoms with Gasteiger partial charge >= 0.3 is 12.1 Å². The molecule has 1 aromatic carbocycles. The van der Waals surface area contributed by atoms with Gasteiger partial charge in [0.1, 0.15) is 22.9 Å². The number of carboxylic acid groups (broad SMARTS) is 1. The molecule has 7 heteroatoms. The number of rotatable bonds is 7. The Morgan fingerprint density at radius 1 is 1.03 bits per heavy atom. The van der Waals surface area contributed by atoms with Gasteiger partial charge in [0.2, 0.25) is 0 Å². The van der Waals surface area contributed by atoms with Crippen LogP contribution in [0.2, 0.25) is 0 Å². The van der Waals surface area contributed by atoms with Gasteiger partial charge in [-0.3, -0.25) is 0 Å². The van der Waals surface area contributed by atoms with E-state index < -0.39 is 40.9 Å². The summed E-state index contributed by atoms with van der Waals surface area (Å²) in [6.45, 7) is 2.21. The lowest BCUT2D eigenvalue weighted by molar-refractivity contribution is -0.224. The molecule has 0 amide bonds. The summed E-state index contributed by atoms with van der Waals surface area (Å²) in [4.78, 5) is 10.8. The summed E-state index contributed by atoms with van der Waals surface area (Å²) in [7, 11) is 0. The molecule has 2 fully saturated rings. The van der Waals surface area contributed by atoms with E-state index in [1.165, 1.54) is 38.5 Å². The molecule has 0 atom stereocenters. The highest BCUT2D eigenvalue weighted by Gasteiger charge is 2.45. The van der Waals surface area contributed by atoms with Crippen molar-refractivity contribution in [3.63, 3.8) is 0 Å². The molecule has 0 aromatic heterocycles. The second-order valence-corrected chi connectivity index (χ2v) is 8.91. The predicted octanol–water partition coefficient (Wildman–Crippen LogP) is 7.79. The van der Waals surface area contributed by atoms with E-state index in [-0.39, 0.29) is 4.28 Å². The average Bonchev–Trinajstić information content (AvgIpc) is 2.68. The Hall–Kier alpha value is -1.79. The van der Waals surface area contributed by atoms with E-state index in [4.69, 9.17) is 5.11 Å². The molecule has 3 rings (SSSR count). The second-order valence-electron chi connectivity index (χ2n) is 8.91. The first-order chi connectivity index (χ1) is 14.2. The number of carbonyl (C=O) groups is 1. The third-order valence-electron chi connectivity index (χ3n) is 6.99. The average molecular weight is 437 g/mol. The van der Waals surface area contributed by atoms with Crippen molar-refractivity contribution in [2.75, 3.05) is 0 Å². The van der Waals surface area contributed by atoms with Crippen LogP contribution < -0.4 is 4.74 Å². The van der Waals surface area contributed by atoms with Crippen LogP contribution >= 0.6 is 0 Å². The number of aromatic carboxylic acids is 1. The summed E-state index contributed by atoms with van der Waals surface area (Å²) < 4.78 is 61.5. The van der Waals surface area contributed by atoms with Crippen molar-refractivity contribution in [1.82, 2.24) is 0 Å². The fraction of sp³-hybridized carbons (Fsp3) is 0.696. The van der Waals surface area contributed by atoms with Crippen molar-refractivity contribution in [2.45, 2.75) is 77.2 Å². The zero-order chi connectivity index (χ0) is 21.9. The van der Waals surface area contributed by atoms with E-state index in [1.54, 1.807) is 0 Å². The lowest BCUT2D eigenvalue weighted by Crippen LogP contribution is -2.38. The number of alkyl halides is 2. The van der Waals surface area contributed by atoms with Crippen LogP contribution in [0.15, 0.2) is 12.1 Å². The molecule has 1 aromatic rings. The number of carboxylic acids is 1. The number of hydrogen-bond donors (Lipinski definition) is 1. The molecule has 0 heterocycles. The van der Waals surface area contributed by atoms with Crippen molar-refractivity contribution in [1.29, 1.82) is 0 Å². The summed E-state index contributed by atoms with van der Waals surface area (Å²) in [6.07, 6.45) is 5.81. The Morgan fingerprint density at radius 3 is 2.00 bits per heavy atom. The molecule has 174 valence electrons. The van der Waals surface area contributed by atoms with E-state index in [0.717, 1.165) is 5.92 Å². The second kappa shape index (κ2) is 9.56. The highest BCUT2D eigenvalue weighted by Crippen LogP contribution is 2.46. The first kappa shape index (κ1) is 22.9. The summed E-state index contributed by atoms with van der Waals surface area (Å²) in [6, 6.07) is 1.00. The molecular formula is C23H36F4O3. The molecule has 0 spiro atoms. The summed E-state index contributed by atoms with van der Waals surface area (Å²) in [5, 5.41) is 8.78. The van der Waals surface area contributed by atoms with Crippen molar-refractivity contribution in [3.8, 4) is 5.75 Å². The Labute approximate surface area is 179 Å². The first-order valence-corrected chi connectivity index (χ1v) is 11.0. The molecule has 3 nitrogen and oxygen atoms in total. The Kier molecular flexibility index (Phi) is 7.30. The quantitative estimate of drug-likeness (QED) is 0.444. The van der Waals surface area contributed by atoms with Crippen LogP contribution in [0.5, 0.6) is 5.75 Å². The van der Waals surface area contributed by atoms with Gasteiger partial charge in [-0.25, -0.2) is 13.6 Å². The van der Waals surface area contributed by atoms with Gasteiger partial charge in [-0.05, 0) is 56.3 Å². The van der Waals surface area contributed by atoms with Crippen LogP contribution in [0.1, 0.15) is 85.8 Å². The van der Waals surface area contributed by atoms with Gasteiger partial charge in [0.15, 0.2) is 0 Å². The lowest BCUT2D eigenvalue weighted by Gasteiger charge is -2.39. The molecule has 1 N–H and O–H groups in total. The van der Waals surface area contributed by atoms with Crippen molar-refractivity contribution < 1.29 is 36.5 Å². The van der Waals surface area contributed by atoms with Crippen molar-refractivity contribution in [3.05, 3.63) is 29.3 Å². The van der Waals surface area contributed by atoms with E-state index >= 15 is 0 Å². The standard InChI is InChI=1S/C23H30F4O3.3H2/c1-2-3-14-4-6-15(7-5-14)16-8-10-17(11-9-16)23(26,27)30-18-12-19(24)21(22(28)29)20(25)13-18;;;/h12-17H,2-11H2,1H3,(H,28,29);3*1H. The zero-order valence-electron chi connectivity index (χ0n) is 17.3. The van der Waals surface area contributed by atoms with Crippen LogP contribution in [0.25, 0.3) is 0 Å². The Bertz CT molecular complexity index is 727. The van der Waals surface area contributed by atoms with E-state index in [1.807, 2.05) is 0 Å². The molecule has 0 radical (unpaired) electrons. The lowest BCUT2D eigenvalue weighted by atomic mass is 9.68. The third kappa shape index (κ3) is 5.27. The van der Waals surface area contributed by atoms with Crippen LogP contribution in [0, 0.1) is 35.3 Å². The van der Waals surface area contributed by atoms with E-state index in [0.29, 0.717) is 49.7 Å². The minimum atomic E-state index is -3.56. The fourth-order valence-electron chi connectivity index (χ4n) is 5.34. The molecule has 0 saturated heterocycles. The minimum Gasteiger partial charge on any atom is -0.477 e. The van der Waals surface area contributed by atoms with Crippen molar-refractivity contribution in [2.24, 2.45) is 23.7 Å². The summed E-state index contributed by atoms with van der Waals surface area (Å²) in [5.41, 5.74) is -1.18. The predicted molar refractivity (Wildman–Crippen MR) is 111 cm³/mol. The maximum absolute atomic E-state index is 14.6. The zero-order valence-corrected chi connectivity index (χ0v) is 17.3. The van der Waals surface area contributed by atoms with E-state index in [9.17, 15) is 22.4 Å². The van der Waals surface area contributed by atoms with Crippen molar-refractivity contribution >= 4 is 5.97 Å². The highest BCUT2D eigenvalue weighted by molar-refractivity contribution is 5.88. The number of halogens is 4. The van der Waals surface area contributed by atoms with E-state index in [2.05, 4.69) is 11.7 Å². The largest absolute Gasteiger partial charge is 0.477 e. The van der Waals surface area contributed by atoms with Crippen LogP contribution in [0.3, 0.4) is 0 Å². The van der Waals surface area contributed by atoms with Gasteiger partial charge in [-0.2, -0.15) is 8.78 Å². The maximum atomic E-state index is 14.6. The molecule has 2 aliphatic carbocycles. The van der Waals surface area contributed by atoms with Gasteiger partial charge in [0.05, 0.1) is 5.92 Å². The number of hydrogen-bond acceptors (Lipinski definition) is 2. The first-order valence-electron chi connectivity index (χ1n) is 11.0. The topological polar surface area (TPSA) is 46.5 Å². The Morgan fingerprint density at radius 2 is 1.53 bits per heavy atom. The minimum absolute atomic E-state index is 0. The van der Waals surface area contributed by atoms with Gasteiger partial charge in [-0.1, -0.05) is 32.6 Å². The van der Waals surface area contributed by atoms with Crippen LogP contribution in [0.4, 0.5) is 17.6 Å². The van der Waals surface area contributed by atoms with Crippen LogP contribution in [-0.2, 0) is 0 Å². The molecule has 2 aliphatic rings. The highest BCUT2D eigenvalue weighted by atomic mass is 19.3. The maximum Gasteiger partial charge on any atom is 0.400 e. The summed E-state index contributed by atoms with van der Waals surface area (Å²) >= 11 is 0. The van der Waals surface area contributed by atoms with Gasteiger partial charge in [0, 0.05) is 16.4 Å². The Balaban J connectivity index is 0.00000341. The van der Waals surface area contributed by atoms with Gasteiger partial charge < -0.3 is 9.84 Å². The SMILES string of the molecule is CCCC1CCC(C2CCC(C(F)(F)Oc3cc(F)c(C(=O)O)c(F)c3)CC2)CC1.[HH].[HH].[HH]. The smallest absolute Gasteiger partial charge is 0.400 e. The molecule has 2 saturated carbocycles. The van der Waals surface area contributed by atoms with Gasteiger partial charge in [-0.15, -0.1) is 0 Å². The molecule has 0 bridgehead atoms. The number of ether oxygens (including phenoxy) is 1. The number of benzene rings is 1. The fourth-order valence-corrected chi connectivity index (χ4v) is 5.34. The van der Waals surface area contributed by atoms with Gasteiger partial charge in [0.25, 0.3) is 0 Å². The van der Waals surface area contributed by atoms with Crippen LogP contribution in [-0.4, -0.2) is 17.2 Å².